The number of nitrogens with zero attached hydrogens (tertiary/aromatic N) is 4. The Kier molecular flexibility index (Phi) is 28.8. The zero-order valence-corrected chi connectivity index (χ0v) is 34.6. The maximum absolute atomic E-state index is 13.9. The summed E-state index contributed by atoms with van der Waals surface area (Å²) < 4.78 is 21.8. The number of imidazole rings is 1. The maximum atomic E-state index is 13.9. The van der Waals surface area contributed by atoms with Gasteiger partial charge in [0, 0.05) is 19.6 Å². The Morgan fingerprint density at radius 2 is 1.13 bits per heavy atom. The van der Waals surface area contributed by atoms with Crippen LogP contribution in [0.2, 0.25) is 0 Å². The van der Waals surface area contributed by atoms with Gasteiger partial charge in [-0.3, -0.25) is 14.7 Å². The number of hydrogen-bond acceptors (Lipinski definition) is 6. The summed E-state index contributed by atoms with van der Waals surface area (Å²) in [5.74, 6) is 0.366. The number of hydrogen-bond donors (Lipinski definition) is 3. The summed E-state index contributed by atoms with van der Waals surface area (Å²) >= 11 is 0. The molecule has 53 heavy (non-hydrogen) atoms. The molecule has 0 aliphatic carbocycles. The highest BCUT2D eigenvalue weighted by atomic mass is 31.2. The molecule has 9 nitrogen and oxygen atoms in total. The van der Waals surface area contributed by atoms with Crippen molar-refractivity contribution < 1.29 is 9.30 Å². The molecule has 2 heterocycles. The summed E-state index contributed by atoms with van der Waals surface area (Å²) in [5.41, 5.74) is 7.20. The van der Waals surface area contributed by atoms with E-state index in [2.05, 4.69) is 87.6 Å². The predicted molar refractivity (Wildman–Crippen MR) is 228 cm³/mol. The first kappa shape index (κ1) is 46.6. The van der Waals surface area contributed by atoms with Gasteiger partial charge < -0.3 is 15.0 Å². The molecule has 0 saturated heterocycles. The number of allylic oxidation sites excluding steroid dienone is 8. The smallest absolute Gasteiger partial charge is 0.236 e. The highest BCUT2D eigenvalue weighted by Crippen LogP contribution is 2.36. The molecule has 0 bridgehead atoms. The van der Waals surface area contributed by atoms with Crippen molar-refractivity contribution in [2.45, 2.75) is 168 Å². The van der Waals surface area contributed by atoms with Crippen LogP contribution in [0.25, 0.3) is 11.2 Å². The van der Waals surface area contributed by atoms with E-state index in [1.54, 1.807) is 6.33 Å². The van der Waals surface area contributed by atoms with E-state index >= 15 is 0 Å². The Labute approximate surface area is 323 Å². The maximum Gasteiger partial charge on any atom is 0.236 e. The number of rotatable bonds is 36. The van der Waals surface area contributed by atoms with Crippen LogP contribution in [0.4, 0.5) is 5.82 Å². The Morgan fingerprint density at radius 1 is 0.642 bits per heavy atom. The van der Waals surface area contributed by atoms with Crippen molar-refractivity contribution in [2.75, 3.05) is 31.8 Å². The summed E-state index contributed by atoms with van der Waals surface area (Å²) in [6.45, 7) is 6.90. The second kappa shape index (κ2) is 32.8. The molecule has 2 rings (SSSR count). The average molecular weight is 754 g/mol. The minimum Gasteiger partial charge on any atom is -0.382 e. The van der Waals surface area contributed by atoms with Crippen LogP contribution >= 0.6 is 7.44 Å². The number of anilines is 1. The van der Waals surface area contributed by atoms with E-state index in [4.69, 9.17) is 10.5 Å². The van der Waals surface area contributed by atoms with Crippen molar-refractivity contribution in [1.29, 1.82) is 0 Å². The van der Waals surface area contributed by atoms with Gasteiger partial charge in [0.05, 0.1) is 12.9 Å². The van der Waals surface area contributed by atoms with Gasteiger partial charge in [-0.25, -0.2) is 15.0 Å². The van der Waals surface area contributed by atoms with E-state index in [0.29, 0.717) is 30.1 Å². The summed E-state index contributed by atoms with van der Waals surface area (Å²) in [6.07, 6.45) is 49.5. The van der Waals surface area contributed by atoms with Crippen molar-refractivity contribution in [2.24, 2.45) is 0 Å². The van der Waals surface area contributed by atoms with E-state index in [-0.39, 0.29) is 6.35 Å². The fraction of sp³-hybridized carbons (Fsp3) is 0.698. The van der Waals surface area contributed by atoms with E-state index in [1.807, 2.05) is 4.57 Å². The molecule has 2 aromatic rings. The van der Waals surface area contributed by atoms with Gasteiger partial charge in [0.15, 0.2) is 11.5 Å². The third-order valence-electron chi connectivity index (χ3n) is 9.42. The summed E-state index contributed by atoms with van der Waals surface area (Å²) in [4.78, 5) is 12.6. The van der Waals surface area contributed by atoms with Gasteiger partial charge in [0.1, 0.15) is 18.2 Å². The van der Waals surface area contributed by atoms with E-state index in [9.17, 15) is 4.57 Å². The SMILES string of the molecule is CCCCC=CCC=CCCCCCCCCNP(=O)(COCCn1cnc2c(N)ncnc21)NCCCCCCCCC=CCC=CCCCCC. The van der Waals surface area contributed by atoms with Gasteiger partial charge in [0.2, 0.25) is 7.44 Å². The number of nitrogens with one attached hydrogen (secondary N) is 2. The minimum atomic E-state index is -2.88. The van der Waals surface area contributed by atoms with Gasteiger partial charge in [-0.2, -0.15) is 0 Å². The standard InChI is InChI=1S/C43H76N7O2P/c1-3-5-7-9-11-13-15-17-19-21-23-25-27-29-31-33-35-49-53(51,40-52-37-36-50-39-47-41-42(44)45-38-46-43(41)50)48-34-32-30-28-26-24-22-20-18-16-14-12-10-8-6-4-2/h10-13,16-19,38-39H,3-9,14-15,20-37,40H2,1-2H3,(H2,44,45,46)(H2,48,49,51). The number of fused-ring (bicyclic) bond motifs is 1. The van der Waals surface area contributed by atoms with Crippen molar-refractivity contribution >= 4 is 24.4 Å². The second-order valence-corrected chi connectivity index (χ2v) is 16.6. The molecule has 0 fully saturated rings. The number of nitrogen functional groups attached to an aromatic ring is 1. The Balaban J connectivity index is 1.61. The van der Waals surface area contributed by atoms with Crippen molar-refractivity contribution in [3.05, 3.63) is 61.3 Å². The van der Waals surface area contributed by atoms with E-state index < -0.39 is 7.44 Å². The van der Waals surface area contributed by atoms with Gasteiger partial charge >= 0.3 is 0 Å². The Hall–Kier alpha value is -2.58. The van der Waals surface area contributed by atoms with Crippen LogP contribution in [-0.2, 0) is 15.8 Å². The monoisotopic (exact) mass is 754 g/mol. The van der Waals surface area contributed by atoms with Crippen LogP contribution in [0.15, 0.2) is 61.3 Å². The lowest BCUT2D eigenvalue weighted by molar-refractivity contribution is 0.164. The molecule has 0 aliphatic heterocycles. The Bertz CT molecular complexity index is 1320. The van der Waals surface area contributed by atoms with Gasteiger partial charge in [-0.05, 0) is 70.6 Å². The van der Waals surface area contributed by atoms with Crippen LogP contribution in [-0.4, -0.2) is 45.6 Å². The molecule has 0 aromatic carbocycles. The van der Waals surface area contributed by atoms with E-state index in [1.165, 1.54) is 115 Å². The zero-order valence-electron chi connectivity index (χ0n) is 33.7. The first-order valence-corrected chi connectivity index (χ1v) is 23.2. The summed E-state index contributed by atoms with van der Waals surface area (Å²) in [6, 6.07) is 0. The molecule has 4 N–H and O–H groups in total. The fourth-order valence-electron chi connectivity index (χ4n) is 6.12. The molecule has 1 unspecified atom stereocenters. The van der Waals surface area contributed by atoms with Crippen LogP contribution in [0.5, 0.6) is 0 Å². The number of ether oxygens (including phenoxy) is 1. The average Bonchev–Trinajstić information content (AvgIpc) is 3.58. The van der Waals surface area contributed by atoms with E-state index in [0.717, 1.165) is 51.6 Å². The highest BCUT2D eigenvalue weighted by molar-refractivity contribution is 7.59. The number of aromatic nitrogens is 4. The zero-order chi connectivity index (χ0) is 37.9. The predicted octanol–water partition coefficient (Wildman–Crippen LogP) is 12.0. The lowest BCUT2D eigenvalue weighted by Gasteiger charge is -2.21. The van der Waals surface area contributed by atoms with Crippen molar-refractivity contribution in [3.8, 4) is 0 Å². The molecular weight excluding hydrogens is 677 g/mol. The molecule has 0 amide bonds. The third-order valence-corrected chi connectivity index (χ3v) is 11.4. The largest absolute Gasteiger partial charge is 0.382 e. The van der Waals surface area contributed by atoms with Crippen LogP contribution in [0, 0.1) is 0 Å². The first-order valence-electron chi connectivity index (χ1n) is 21.3. The Morgan fingerprint density at radius 3 is 1.68 bits per heavy atom. The minimum absolute atomic E-state index is 0.154. The fourth-order valence-corrected chi connectivity index (χ4v) is 7.84. The molecule has 2 aromatic heterocycles. The van der Waals surface area contributed by atoms with Crippen LogP contribution in [0.1, 0.15) is 162 Å². The quantitative estimate of drug-likeness (QED) is 0.0357. The third kappa shape index (κ3) is 24.4. The lowest BCUT2D eigenvalue weighted by atomic mass is 10.1. The molecule has 0 saturated carbocycles. The first-order chi connectivity index (χ1) is 26.1. The van der Waals surface area contributed by atoms with Crippen LogP contribution < -0.4 is 15.9 Å². The highest BCUT2D eigenvalue weighted by Gasteiger charge is 2.21. The molecule has 0 radical (unpaired) electrons. The van der Waals surface area contributed by atoms with Crippen LogP contribution in [0.3, 0.4) is 0 Å². The lowest BCUT2D eigenvalue weighted by Crippen LogP contribution is -2.27. The van der Waals surface area contributed by atoms with Gasteiger partial charge in [0.25, 0.3) is 0 Å². The van der Waals surface area contributed by atoms with Crippen molar-refractivity contribution in [3.63, 3.8) is 0 Å². The molecule has 10 heteroatoms. The molecule has 300 valence electrons. The molecule has 0 spiro atoms. The number of unbranched alkanes of at least 4 members (excludes halogenated alkanes) is 17. The van der Waals surface area contributed by atoms with Gasteiger partial charge in [-0.15, -0.1) is 0 Å². The van der Waals surface area contributed by atoms with Crippen molar-refractivity contribution in [1.82, 2.24) is 29.7 Å². The molecule has 0 aliphatic rings. The summed E-state index contributed by atoms with van der Waals surface area (Å²) in [7, 11) is -2.88. The van der Waals surface area contributed by atoms with Gasteiger partial charge in [-0.1, -0.05) is 140 Å². The molecular formula is C43H76N7O2P. The summed E-state index contributed by atoms with van der Waals surface area (Å²) in [5, 5.41) is 6.73. The normalized spacial score (nSPS) is 13.5. The molecule has 1 atom stereocenters. The second-order valence-electron chi connectivity index (χ2n) is 14.3. The topological polar surface area (TPSA) is 120 Å². The number of nitrogens with two attached hydrogens (primary N) is 1.